The maximum atomic E-state index is 13.6. The van der Waals surface area contributed by atoms with Crippen LogP contribution in [-0.2, 0) is 10.9 Å². The Hall–Kier alpha value is -3.11. The Bertz CT molecular complexity index is 1030. The molecule has 1 atom stereocenters. The van der Waals surface area contributed by atoms with E-state index in [9.17, 15) is 31.1 Å². The maximum Gasteiger partial charge on any atom is 0.430 e. The van der Waals surface area contributed by atoms with Gasteiger partial charge in [0.25, 0.3) is 0 Å². The standard InChI is InChI=1S/C20H17F6N3O2/c1-3-5-10(4-2)13-8-11(19(21,22)23)9-14(28-13)12-6-7-27-17-15(12)16(20(24,25)26)31-18(30)29-17/h5-9,16H,3-4H2,1-2H3,(H,27,29,30)/b10-5+/t16-/m1/s1. The second kappa shape index (κ2) is 8.20. The fourth-order valence-corrected chi connectivity index (χ4v) is 3.26. The number of ether oxygens (including phenoxy) is 1. The Kier molecular flexibility index (Phi) is 5.97. The van der Waals surface area contributed by atoms with Crippen LogP contribution in [0.15, 0.2) is 30.5 Å². The number of amides is 1. The van der Waals surface area contributed by atoms with Crippen LogP contribution in [0.2, 0.25) is 0 Å². The summed E-state index contributed by atoms with van der Waals surface area (Å²) in [5.41, 5.74) is -1.75. The molecular weight excluding hydrogens is 428 g/mol. The van der Waals surface area contributed by atoms with Crippen molar-refractivity contribution in [3.63, 3.8) is 0 Å². The molecule has 31 heavy (non-hydrogen) atoms. The largest absolute Gasteiger partial charge is 0.431 e. The number of carbonyl (C=O) groups excluding carboxylic acids is 1. The number of anilines is 1. The van der Waals surface area contributed by atoms with Gasteiger partial charge in [-0.2, -0.15) is 26.3 Å². The van der Waals surface area contributed by atoms with Gasteiger partial charge in [-0.25, -0.2) is 14.8 Å². The molecule has 5 nitrogen and oxygen atoms in total. The van der Waals surface area contributed by atoms with Crippen molar-refractivity contribution in [3.8, 4) is 11.3 Å². The highest BCUT2D eigenvalue weighted by Gasteiger charge is 2.49. The zero-order chi connectivity index (χ0) is 23.0. The number of cyclic esters (lactones) is 1. The summed E-state index contributed by atoms with van der Waals surface area (Å²) in [6.07, 6.45) is -10.1. The van der Waals surface area contributed by atoms with Crippen molar-refractivity contribution < 1.29 is 35.9 Å². The van der Waals surface area contributed by atoms with E-state index in [1.807, 2.05) is 0 Å². The van der Waals surface area contributed by atoms with Gasteiger partial charge in [0.05, 0.1) is 22.5 Å². The number of hydrogen-bond donors (Lipinski definition) is 1. The van der Waals surface area contributed by atoms with Crippen LogP contribution in [-0.4, -0.2) is 22.2 Å². The van der Waals surface area contributed by atoms with Crippen molar-refractivity contribution in [1.82, 2.24) is 9.97 Å². The summed E-state index contributed by atoms with van der Waals surface area (Å²) >= 11 is 0. The van der Waals surface area contributed by atoms with Crippen LogP contribution in [0.25, 0.3) is 16.8 Å². The fourth-order valence-electron chi connectivity index (χ4n) is 3.26. The topological polar surface area (TPSA) is 64.1 Å². The highest BCUT2D eigenvalue weighted by molar-refractivity contribution is 5.89. The number of pyridine rings is 2. The number of hydrogen-bond acceptors (Lipinski definition) is 4. The molecule has 1 amide bonds. The number of fused-ring (bicyclic) bond motifs is 1. The summed E-state index contributed by atoms with van der Waals surface area (Å²) in [4.78, 5) is 19.5. The number of nitrogens with zero attached hydrogens (tertiary/aromatic N) is 2. The van der Waals surface area contributed by atoms with Crippen molar-refractivity contribution in [1.29, 1.82) is 0 Å². The first-order valence-electron chi connectivity index (χ1n) is 9.28. The first kappa shape index (κ1) is 22.6. The number of nitrogens with one attached hydrogen (secondary N) is 1. The minimum Gasteiger partial charge on any atom is -0.431 e. The Morgan fingerprint density at radius 2 is 1.90 bits per heavy atom. The summed E-state index contributed by atoms with van der Waals surface area (Å²) in [6.45, 7) is 3.54. The summed E-state index contributed by atoms with van der Waals surface area (Å²) in [5, 5.41) is 2.05. The quantitative estimate of drug-likeness (QED) is 0.544. The van der Waals surface area contributed by atoms with E-state index in [2.05, 4.69) is 20.0 Å². The predicted molar refractivity (Wildman–Crippen MR) is 99.9 cm³/mol. The van der Waals surface area contributed by atoms with Crippen LogP contribution in [0.4, 0.5) is 37.0 Å². The Labute approximate surface area is 173 Å². The van der Waals surface area contributed by atoms with Gasteiger partial charge >= 0.3 is 18.4 Å². The van der Waals surface area contributed by atoms with Crippen LogP contribution in [0.5, 0.6) is 0 Å². The Balaban J connectivity index is 2.30. The predicted octanol–water partition coefficient (Wildman–Crippen LogP) is 6.53. The molecular formula is C20H17F6N3O2. The van der Waals surface area contributed by atoms with Crippen molar-refractivity contribution in [2.75, 3.05) is 5.32 Å². The van der Waals surface area contributed by atoms with E-state index >= 15 is 0 Å². The van der Waals surface area contributed by atoms with E-state index in [0.29, 0.717) is 24.5 Å². The first-order valence-corrected chi connectivity index (χ1v) is 9.28. The molecule has 2 aromatic heterocycles. The molecule has 1 aliphatic heterocycles. The maximum absolute atomic E-state index is 13.6. The fraction of sp³-hybridized carbons (Fsp3) is 0.350. The number of rotatable bonds is 4. The second-order valence-corrected chi connectivity index (χ2v) is 6.69. The van der Waals surface area contributed by atoms with E-state index in [1.54, 1.807) is 19.9 Å². The molecule has 0 aromatic carbocycles. The van der Waals surface area contributed by atoms with Gasteiger partial charge < -0.3 is 4.74 Å². The number of carbonyl (C=O) groups is 1. The van der Waals surface area contributed by atoms with E-state index in [4.69, 9.17) is 0 Å². The molecule has 166 valence electrons. The average Bonchev–Trinajstić information content (AvgIpc) is 2.69. The molecule has 0 bridgehead atoms. The number of halogens is 6. The first-order chi connectivity index (χ1) is 14.5. The Morgan fingerprint density at radius 3 is 2.48 bits per heavy atom. The third-order valence-electron chi connectivity index (χ3n) is 4.58. The van der Waals surface area contributed by atoms with Crippen LogP contribution in [0.3, 0.4) is 0 Å². The molecule has 0 radical (unpaired) electrons. The Morgan fingerprint density at radius 1 is 1.19 bits per heavy atom. The number of alkyl halides is 6. The summed E-state index contributed by atoms with van der Waals surface area (Å²) in [5.74, 6) is -0.448. The average molecular weight is 445 g/mol. The molecule has 2 aromatic rings. The molecule has 0 fully saturated rings. The van der Waals surface area contributed by atoms with Gasteiger partial charge in [-0.1, -0.05) is 19.9 Å². The molecule has 0 saturated carbocycles. The summed E-state index contributed by atoms with van der Waals surface area (Å²) < 4.78 is 85.8. The van der Waals surface area contributed by atoms with Gasteiger partial charge in [0.15, 0.2) is 0 Å². The van der Waals surface area contributed by atoms with Crippen molar-refractivity contribution >= 4 is 17.5 Å². The number of aromatic nitrogens is 2. The zero-order valence-corrected chi connectivity index (χ0v) is 16.4. The van der Waals surface area contributed by atoms with E-state index < -0.39 is 41.5 Å². The van der Waals surface area contributed by atoms with E-state index in [0.717, 1.165) is 18.3 Å². The molecule has 0 unspecified atom stereocenters. The smallest absolute Gasteiger partial charge is 0.430 e. The third kappa shape index (κ3) is 4.64. The molecule has 0 spiro atoms. The minimum absolute atomic E-state index is 0.00376. The highest BCUT2D eigenvalue weighted by Crippen LogP contribution is 2.46. The van der Waals surface area contributed by atoms with E-state index in [-0.39, 0.29) is 17.0 Å². The molecule has 1 aliphatic rings. The van der Waals surface area contributed by atoms with Gasteiger partial charge in [0.2, 0.25) is 6.10 Å². The number of allylic oxidation sites excluding steroid dienone is 2. The van der Waals surface area contributed by atoms with E-state index in [1.165, 1.54) is 0 Å². The minimum atomic E-state index is -5.01. The molecule has 3 rings (SSSR count). The lowest BCUT2D eigenvalue weighted by atomic mass is 9.97. The molecule has 1 N–H and O–H groups in total. The molecule has 0 saturated heterocycles. The summed E-state index contributed by atoms with van der Waals surface area (Å²) in [7, 11) is 0. The summed E-state index contributed by atoms with van der Waals surface area (Å²) in [6, 6.07) is 2.64. The SMILES string of the molecule is CC/C=C(\CC)c1cc(C(F)(F)F)cc(-c2ccnc3c2[C@H](C(F)(F)F)OC(=O)N3)n1. The normalized spacial score (nSPS) is 17.1. The van der Waals surface area contributed by atoms with Gasteiger partial charge in [-0.15, -0.1) is 0 Å². The lowest BCUT2D eigenvalue weighted by Crippen LogP contribution is -2.34. The van der Waals surface area contributed by atoms with Crippen molar-refractivity contribution in [2.45, 2.75) is 45.1 Å². The van der Waals surface area contributed by atoms with Crippen molar-refractivity contribution in [3.05, 3.63) is 47.3 Å². The van der Waals surface area contributed by atoms with Gasteiger partial charge in [-0.3, -0.25) is 5.32 Å². The van der Waals surface area contributed by atoms with Crippen molar-refractivity contribution in [2.24, 2.45) is 0 Å². The lowest BCUT2D eigenvalue weighted by molar-refractivity contribution is -0.206. The van der Waals surface area contributed by atoms with Crippen LogP contribution < -0.4 is 5.32 Å². The van der Waals surface area contributed by atoms with Crippen LogP contribution >= 0.6 is 0 Å². The second-order valence-electron chi connectivity index (χ2n) is 6.69. The van der Waals surface area contributed by atoms with Crippen LogP contribution in [0, 0.1) is 0 Å². The van der Waals surface area contributed by atoms with Gasteiger partial charge in [0, 0.05) is 11.8 Å². The highest BCUT2D eigenvalue weighted by atomic mass is 19.4. The van der Waals surface area contributed by atoms with Gasteiger partial charge in [0.1, 0.15) is 5.82 Å². The lowest BCUT2D eigenvalue weighted by Gasteiger charge is -2.28. The monoisotopic (exact) mass is 445 g/mol. The molecule has 11 heteroatoms. The molecule has 0 aliphatic carbocycles. The van der Waals surface area contributed by atoms with Crippen LogP contribution in [0.1, 0.15) is 49.6 Å². The molecule has 3 heterocycles. The van der Waals surface area contributed by atoms with Gasteiger partial charge in [-0.05, 0) is 36.6 Å². The zero-order valence-electron chi connectivity index (χ0n) is 16.4. The third-order valence-corrected chi connectivity index (χ3v) is 4.58.